The lowest BCUT2D eigenvalue weighted by Crippen LogP contribution is -2.08. The van der Waals surface area contributed by atoms with Crippen LogP contribution in [0.25, 0.3) is 6.08 Å². The number of ether oxygens (including phenoxy) is 1. The Morgan fingerprint density at radius 3 is 2.59 bits per heavy atom. The Kier molecular flexibility index (Phi) is 7.90. The average Bonchev–Trinajstić information content (AvgIpc) is 2.50. The predicted molar refractivity (Wildman–Crippen MR) is 89.7 cm³/mol. The Balaban J connectivity index is 2.64. The van der Waals surface area contributed by atoms with Gasteiger partial charge in [0, 0.05) is 17.6 Å². The van der Waals surface area contributed by atoms with E-state index in [1.807, 2.05) is 12.1 Å². The van der Waals surface area contributed by atoms with E-state index in [9.17, 15) is 9.59 Å². The number of carbonyl (C=O) groups is 2. The van der Waals surface area contributed by atoms with Crippen molar-refractivity contribution < 1.29 is 14.3 Å². The average molecular weight is 300 g/mol. The molecule has 0 aliphatic rings. The summed E-state index contributed by atoms with van der Waals surface area (Å²) in [4.78, 5) is 23.4. The molecule has 3 heteroatoms. The molecule has 0 radical (unpaired) electrons. The van der Waals surface area contributed by atoms with E-state index in [2.05, 4.69) is 13.5 Å². The van der Waals surface area contributed by atoms with Gasteiger partial charge in [-0.3, -0.25) is 4.79 Å². The molecule has 22 heavy (non-hydrogen) atoms. The highest BCUT2D eigenvalue weighted by molar-refractivity contribution is 5.94. The number of allylic oxidation sites excluding steroid dienone is 1. The number of hydrogen-bond donors (Lipinski definition) is 0. The topological polar surface area (TPSA) is 43.4 Å². The van der Waals surface area contributed by atoms with E-state index < -0.39 is 5.97 Å². The second kappa shape index (κ2) is 9.72. The van der Waals surface area contributed by atoms with Gasteiger partial charge in [-0.25, -0.2) is 4.79 Å². The van der Waals surface area contributed by atoms with Crippen molar-refractivity contribution in [1.29, 1.82) is 0 Å². The first-order chi connectivity index (χ1) is 10.5. The smallest absolute Gasteiger partial charge is 0.338 e. The lowest BCUT2D eigenvalue weighted by Gasteiger charge is -2.06. The zero-order valence-electron chi connectivity index (χ0n) is 13.4. The van der Waals surface area contributed by atoms with Gasteiger partial charge < -0.3 is 4.74 Å². The third-order valence-corrected chi connectivity index (χ3v) is 3.20. The molecular formula is C19H24O3. The molecule has 0 bridgehead atoms. The van der Waals surface area contributed by atoms with Crippen molar-refractivity contribution >= 4 is 17.8 Å². The summed E-state index contributed by atoms with van der Waals surface area (Å²) >= 11 is 0. The molecular weight excluding hydrogens is 276 g/mol. The van der Waals surface area contributed by atoms with Gasteiger partial charge in [-0.15, -0.1) is 0 Å². The molecule has 0 N–H and O–H groups in total. The fourth-order valence-electron chi connectivity index (χ4n) is 1.89. The summed E-state index contributed by atoms with van der Waals surface area (Å²) < 4.78 is 5.25. The van der Waals surface area contributed by atoms with E-state index in [-0.39, 0.29) is 5.78 Å². The lowest BCUT2D eigenvalue weighted by atomic mass is 10.1. The Hall–Kier alpha value is -2.16. The molecule has 0 amide bonds. The summed E-state index contributed by atoms with van der Waals surface area (Å²) in [6.45, 7) is 7.30. The monoisotopic (exact) mass is 300 g/mol. The van der Waals surface area contributed by atoms with Gasteiger partial charge in [-0.1, -0.05) is 51.0 Å². The minimum absolute atomic E-state index is 0.0946. The van der Waals surface area contributed by atoms with Crippen LogP contribution in [0.4, 0.5) is 0 Å². The Bertz CT molecular complexity index is 556. The second-order valence-corrected chi connectivity index (χ2v) is 5.32. The van der Waals surface area contributed by atoms with Crippen molar-refractivity contribution in [2.75, 3.05) is 0 Å². The molecule has 0 aliphatic carbocycles. The summed E-state index contributed by atoms with van der Waals surface area (Å²) in [6, 6.07) is 7.13. The molecule has 0 saturated carbocycles. The van der Waals surface area contributed by atoms with Crippen molar-refractivity contribution in [3.05, 3.63) is 48.1 Å². The summed E-state index contributed by atoms with van der Waals surface area (Å²) in [7, 11) is 0. The molecule has 0 aromatic heterocycles. The highest BCUT2D eigenvalue weighted by atomic mass is 16.5. The largest absolute Gasteiger partial charge is 0.423 e. The molecule has 0 atom stereocenters. The standard InChI is InChI=1S/C19H24O3/c1-4-5-6-7-11-17(20)14-13-16-10-8-9-12-18(16)22-19(21)15(2)3/h8-10,12-14H,2,4-7,11H2,1,3H3/b14-13+. The molecule has 0 saturated heterocycles. The Morgan fingerprint density at radius 1 is 1.18 bits per heavy atom. The molecule has 0 spiro atoms. The van der Waals surface area contributed by atoms with Crippen LogP contribution in [-0.2, 0) is 9.59 Å². The summed E-state index contributed by atoms with van der Waals surface area (Å²) in [5.74, 6) is 0.0643. The molecule has 0 heterocycles. The van der Waals surface area contributed by atoms with Gasteiger partial charge in [0.05, 0.1) is 0 Å². The maximum Gasteiger partial charge on any atom is 0.338 e. The fraction of sp³-hybridized carbons (Fsp3) is 0.368. The first-order valence-electron chi connectivity index (χ1n) is 7.72. The van der Waals surface area contributed by atoms with Gasteiger partial charge in [0.2, 0.25) is 0 Å². The molecule has 1 aromatic rings. The van der Waals surface area contributed by atoms with Crippen LogP contribution in [0.2, 0.25) is 0 Å². The lowest BCUT2D eigenvalue weighted by molar-refractivity contribution is -0.130. The van der Waals surface area contributed by atoms with Crippen LogP contribution in [-0.4, -0.2) is 11.8 Å². The molecule has 1 aromatic carbocycles. The van der Waals surface area contributed by atoms with Crippen LogP contribution < -0.4 is 4.74 Å². The van der Waals surface area contributed by atoms with Crippen molar-refractivity contribution in [3.63, 3.8) is 0 Å². The van der Waals surface area contributed by atoms with Crippen LogP contribution >= 0.6 is 0 Å². The number of benzene rings is 1. The second-order valence-electron chi connectivity index (χ2n) is 5.32. The number of para-hydroxylation sites is 1. The van der Waals surface area contributed by atoms with Crippen molar-refractivity contribution in [3.8, 4) is 5.75 Å². The predicted octanol–water partition coefficient (Wildman–Crippen LogP) is 4.72. The van der Waals surface area contributed by atoms with Crippen molar-refractivity contribution in [1.82, 2.24) is 0 Å². The van der Waals surface area contributed by atoms with Crippen LogP contribution in [0.1, 0.15) is 51.5 Å². The van der Waals surface area contributed by atoms with E-state index in [1.54, 1.807) is 31.2 Å². The van der Waals surface area contributed by atoms with Gasteiger partial charge in [0.15, 0.2) is 5.78 Å². The molecule has 1 rings (SSSR count). The van der Waals surface area contributed by atoms with E-state index in [0.29, 0.717) is 23.3 Å². The number of unbranched alkanes of at least 4 members (excludes halogenated alkanes) is 3. The normalized spacial score (nSPS) is 10.6. The number of carbonyl (C=O) groups excluding carboxylic acids is 2. The Labute approximate surface area is 132 Å². The first-order valence-corrected chi connectivity index (χ1v) is 7.72. The SMILES string of the molecule is C=C(C)C(=O)Oc1ccccc1/C=C/C(=O)CCCCCC. The quantitative estimate of drug-likeness (QED) is 0.287. The summed E-state index contributed by atoms with van der Waals surface area (Å²) in [5.41, 5.74) is 1.05. The van der Waals surface area contributed by atoms with E-state index in [4.69, 9.17) is 4.74 Å². The maximum atomic E-state index is 11.8. The maximum absolute atomic E-state index is 11.8. The van der Waals surface area contributed by atoms with Gasteiger partial charge >= 0.3 is 5.97 Å². The highest BCUT2D eigenvalue weighted by Gasteiger charge is 2.08. The highest BCUT2D eigenvalue weighted by Crippen LogP contribution is 2.20. The Morgan fingerprint density at radius 2 is 1.91 bits per heavy atom. The molecule has 0 fully saturated rings. The molecule has 0 aliphatic heterocycles. The van der Waals surface area contributed by atoms with E-state index in [1.165, 1.54) is 0 Å². The van der Waals surface area contributed by atoms with Gasteiger partial charge in [-0.2, -0.15) is 0 Å². The van der Waals surface area contributed by atoms with E-state index >= 15 is 0 Å². The van der Waals surface area contributed by atoms with Crippen LogP contribution in [0, 0.1) is 0 Å². The van der Waals surface area contributed by atoms with E-state index in [0.717, 1.165) is 25.7 Å². The minimum Gasteiger partial charge on any atom is -0.423 e. The summed E-state index contributed by atoms with van der Waals surface area (Å²) in [5, 5.41) is 0. The number of hydrogen-bond acceptors (Lipinski definition) is 3. The van der Waals surface area contributed by atoms with Gasteiger partial charge in [-0.05, 0) is 31.6 Å². The zero-order chi connectivity index (χ0) is 16.4. The van der Waals surface area contributed by atoms with Crippen LogP contribution in [0.3, 0.4) is 0 Å². The number of esters is 1. The molecule has 118 valence electrons. The fourth-order valence-corrected chi connectivity index (χ4v) is 1.89. The minimum atomic E-state index is -0.466. The summed E-state index contributed by atoms with van der Waals surface area (Å²) in [6.07, 6.45) is 8.14. The third kappa shape index (κ3) is 6.53. The van der Waals surface area contributed by atoms with Crippen molar-refractivity contribution in [2.24, 2.45) is 0 Å². The number of ketones is 1. The van der Waals surface area contributed by atoms with Crippen LogP contribution in [0.5, 0.6) is 5.75 Å². The number of rotatable bonds is 9. The third-order valence-electron chi connectivity index (χ3n) is 3.20. The molecule has 3 nitrogen and oxygen atoms in total. The molecule has 0 unspecified atom stereocenters. The van der Waals surface area contributed by atoms with Crippen LogP contribution in [0.15, 0.2) is 42.5 Å². The van der Waals surface area contributed by atoms with Gasteiger partial charge in [0.1, 0.15) is 5.75 Å². The van der Waals surface area contributed by atoms with Crippen molar-refractivity contribution in [2.45, 2.75) is 46.0 Å². The zero-order valence-corrected chi connectivity index (χ0v) is 13.4. The first kappa shape index (κ1) is 17.9. The van der Waals surface area contributed by atoms with Gasteiger partial charge in [0.25, 0.3) is 0 Å².